The molecule has 28 heavy (non-hydrogen) atoms. The molecule has 1 amide bonds. The number of benzene rings is 1. The molecule has 0 spiro atoms. The number of carbonyl (C=O) groups excluding carboxylic acids is 1. The molecule has 0 unspecified atom stereocenters. The van der Waals surface area contributed by atoms with Crippen LogP contribution < -0.4 is 10.6 Å². The predicted octanol–water partition coefficient (Wildman–Crippen LogP) is 5.47. The van der Waals surface area contributed by atoms with E-state index in [0.717, 1.165) is 31.9 Å². The average molecular weight is 433 g/mol. The Hall–Kier alpha value is -2.06. The Morgan fingerprint density at radius 3 is 2.54 bits per heavy atom. The smallest absolute Gasteiger partial charge is 0.352 e. The number of hydrogen-bond acceptors (Lipinski definition) is 4. The lowest BCUT2D eigenvalue weighted by Gasteiger charge is -2.15. The largest absolute Gasteiger partial charge is 0.434 e. The summed E-state index contributed by atoms with van der Waals surface area (Å²) in [5.74, 6) is -0.840. The molecule has 1 saturated carbocycles. The second kappa shape index (κ2) is 8.53. The molecule has 5 nitrogen and oxygen atoms in total. The van der Waals surface area contributed by atoms with Crippen LogP contribution in [0.1, 0.15) is 41.7 Å². The summed E-state index contributed by atoms with van der Waals surface area (Å²) in [6.45, 7) is 0.347. The fraction of sp³-hybridized carbons (Fsp3) is 0.389. The highest BCUT2D eigenvalue weighted by atomic mass is 35.5. The van der Waals surface area contributed by atoms with Crippen LogP contribution in [-0.4, -0.2) is 22.4 Å². The molecule has 2 N–H and O–H groups in total. The molecule has 0 aliphatic heterocycles. The number of anilines is 2. The summed E-state index contributed by atoms with van der Waals surface area (Å²) in [7, 11) is 0. The molecule has 3 rings (SSSR count). The number of rotatable bonds is 5. The maximum Gasteiger partial charge on any atom is 0.434 e. The minimum Gasteiger partial charge on any atom is -0.352 e. The molecular weight excluding hydrogens is 416 g/mol. The minimum atomic E-state index is -4.81. The van der Waals surface area contributed by atoms with Crippen molar-refractivity contribution < 1.29 is 18.0 Å². The first kappa shape index (κ1) is 20.7. The zero-order valence-electron chi connectivity index (χ0n) is 14.6. The highest BCUT2D eigenvalue weighted by Gasteiger charge is 2.38. The van der Waals surface area contributed by atoms with E-state index in [-0.39, 0.29) is 11.0 Å². The van der Waals surface area contributed by atoms with Gasteiger partial charge in [-0.25, -0.2) is 9.97 Å². The lowest BCUT2D eigenvalue weighted by molar-refractivity contribution is -0.141. The van der Waals surface area contributed by atoms with Crippen molar-refractivity contribution in [2.24, 2.45) is 5.92 Å². The van der Waals surface area contributed by atoms with Crippen molar-refractivity contribution in [1.29, 1.82) is 0 Å². The highest BCUT2D eigenvalue weighted by Crippen LogP contribution is 2.32. The molecule has 10 heteroatoms. The third kappa shape index (κ3) is 5.05. The normalized spacial score (nSPS) is 14.9. The van der Waals surface area contributed by atoms with Crippen LogP contribution in [0.25, 0.3) is 0 Å². The second-order valence-corrected chi connectivity index (χ2v) is 7.38. The number of alkyl halides is 3. The van der Waals surface area contributed by atoms with Crippen LogP contribution >= 0.6 is 23.2 Å². The standard InChI is InChI=1S/C18H17Cl2F3N4O/c19-13-6-5-11(7-14(13)20)26-17-25-9-12(15(27-17)18(21,22)23)16(28)24-8-10-3-1-2-4-10/h5-7,9-10H,1-4,8H2,(H,24,28)(H,25,26,27). The van der Waals surface area contributed by atoms with Crippen molar-refractivity contribution in [1.82, 2.24) is 15.3 Å². The van der Waals surface area contributed by atoms with Crippen molar-refractivity contribution in [2.45, 2.75) is 31.9 Å². The third-order valence-electron chi connectivity index (χ3n) is 4.50. The SMILES string of the molecule is O=C(NCC1CCCC1)c1cnc(Nc2ccc(Cl)c(Cl)c2)nc1C(F)(F)F. The summed E-state index contributed by atoms with van der Waals surface area (Å²) >= 11 is 11.7. The zero-order chi connectivity index (χ0) is 20.3. The van der Waals surface area contributed by atoms with Crippen LogP contribution in [-0.2, 0) is 6.18 Å². The first-order chi connectivity index (χ1) is 13.2. The number of aromatic nitrogens is 2. The van der Waals surface area contributed by atoms with Gasteiger partial charge < -0.3 is 10.6 Å². The number of nitrogens with zero attached hydrogens (tertiary/aromatic N) is 2. The molecule has 0 radical (unpaired) electrons. The Kier molecular flexibility index (Phi) is 6.30. The van der Waals surface area contributed by atoms with E-state index in [2.05, 4.69) is 20.6 Å². The Balaban J connectivity index is 1.80. The van der Waals surface area contributed by atoms with Gasteiger partial charge in [0.15, 0.2) is 5.69 Å². The van der Waals surface area contributed by atoms with E-state index in [0.29, 0.717) is 23.2 Å². The summed E-state index contributed by atoms with van der Waals surface area (Å²) < 4.78 is 40.3. The summed E-state index contributed by atoms with van der Waals surface area (Å²) in [4.78, 5) is 19.6. The van der Waals surface area contributed by atoms with E-state index in [4.69, 9.17) is 23.2 Å². The first-order valence-electron chi connectivity index (χ1n) is 8.68. The van der Waals surface area contributed by atoms with Gasteiger partial charge in [0.1, 0.15) is 0 Å². The number of nitrogens with one attached hydrogen (secondary N) is 2. The van der Waals surface area contributed by atoms with Gasteiger partial charge in [0.25, 0.3) is 5.91 Å². The highest BCUT2D eigenvalue weighted by molar-refractivity contribution is 6.42. The molecule has 0 atom stereocenters. The van der Waals surface area contributed by atoms with Gasteiger partial charge in [0, 0.05) is 18.4 Å². The molecule has 0 saturated heterocycles. The third-order valence-corrected chi connectivity index (χ3v) is 5.24. The topological polar surface area (TPSA) is 66.9 Å². The van der Waals surface area contributed by atoms with Crippen molar-refractivity contribution in [3.8, 4) is 0 Å². The van der Waals surface area contributed by atoms with Gasteiger partial charge in [0.05, 0.1) is 15.6 Å². The quantitative estimate of drug-likeness (QED) is 0.657. The van der Waals surface area contributed by atoms with Crippen LogP contribution in [0.15, 0.2) is 24.4 Å². The van der Waals surface area contributed by atoms with Gasteiger partial charge in [-0.05, 0) is 37.0 Å². The minimum absolute atomic E-state index is 0.227. The number of halogens is 5. The Labute approximate surface area is 169 Å². The summed E-state index contributed by atoms with van der Waals surface area (Å²) in [5, 5.41) is 5.73. The maximum absolute atomic E-state index is 13.4. The molecule has 1 fully saturated rings. The molecule has 2 aromatic rings. The van der Waals surface area contributed by atoms with E-state index >= 15 is 0 Å². The number of hydrogen-bond donors (Lipinski definition) is 2. The second-order valence-electron chi connectivity index (χ2n) is 6.57. The van der Waals surface area contributed by atoms with E-state index in [1.165, 1.54) is 18.2 Å². The molecule has 1 aromatic carbocycles. The first-order valence-corrected chi connectivity index (χ1v) is 9.44. The van der Waals surface area contributed by atoms with Gasteiger partial charge in [-0.2, -0.15) is 13.2 Å². The predicted molar refractivity (Wildman–Crippen MR) is 101 cm³/mol. The van der Waals surface area contributed by atoms with Crippen molar-refractivity contribution in [2.75, 3.05) is 11.9 Å². The Bertz CT molecular complexity index is 870. The van der Waals surface area contributed by atoms with E-state index in [1.807, 2.05) is 0 Å². The summed E-state index contributed by atoms with van der Waals surface area (Å²) in [6.07, 6.45) is 0.153. The number of amides is 1. The molecule has 0 bridgehead atoms. The van der Waals surface area contributed by atoms with Crippen LogP contribution in [0.5, 0.6) is 0 Å². The van der Waals surface area contributed by atoms with Gasteiger partial charge in [-0.1, -0.05) is 36.0 Å². The van der Waals surface area contributed by atoms with Crippen LogP contribution in [0.2, 0.25) is 10.0 Å². The molecule has 1 aliphatic rings. The van der Waals surface area contributed by atoms with Crippen molar-refractivity contribution in [3.63, 3.8) is 0 Å². The Morgan fingerprint density at radius 1 is 1.18 bits per heavy atom. The fourth-order valence-electron chi connectivity index (χ4n) is 3.07. The molecule has 1 aromatic heterocycles. The van der Waals surface area contributed by atoms with Crippen molar-refractivity contribution in [3.05, 3.63) is 45.7 Å². The Morgan fingerprint density at radius 2 is 1.89 bits per heavy atom. The number of carbonyl (C=O) groups is 1. The monoisotopic (exact) mass is 432 g/mol. The lowest BCUT2D eigenvalue weighted by atomic mass is 10.1. The molecular formula is C18H17Cl2F3N4O. The van der Waals surface area contributed by atoms with E-state index < -0.39 is 23.3 Å². The fourth-order valence-corrected chi connectivity index (χ4v) is 3.37. The van der Waals surface area contributed by atoms with Crippen LogP contribution in [0, 0.1) is 5.92 Å². The van der Waals surface area contributed by atoms with Gasteiger partial charge in [-0.3, -0.25) is 4.79 Å². The summed E-state index contributed by atoms with van der Waals surface area (Å²) in [6, 6.07) is 4.44. The molecule has 1 aliphatic carbocycles. The van der Waals surface area contributed by atoms with Gasteiger partial charge in [-0.15, -0.1) is 0 Å². The van der Waals surface area contributed by atoms with Gasteiger partial charge in [0.2, 0.25) is 5.95 Å². The van der Waals surface area contributed by atoms with E-state index in [9.17, 15) is 18.0 Å². The van der Waals surface area contributed by atoms with Crippen LogP contribution in [0.3, 0.4) is 0 Å². The average Bonchev–Trinajstić information content (AvgIpc) is 3.15. The van der Waals surface area contributed by atoms with E-state index in [1.54, 1.807) is 0 Å². The van der Waals surface area contributed by atoms with Gasteiger partial charge >= 0.3 is 6.18 Å². The van der Waals surface area contributed by atoms with Crippen LogP contribution in [0.4, 0.5) is 24.8 Å². The molecule has 1 heterocycles. The molecule has 150 valence electrons. The van der Waals surface area contributed by atoms with Crippen molar-refractivity contribution >= 4 is 40.7 Å². The lowest BCUT2D eigenvalue weighted by Crippen LogP contribution is -2.31. The maximum atomic E-state index is 13.4. The summed E-state index contributed by atoms with van der Waals surface area (Å²) in [5.41, 5.74) is -1.54. The zero-order valence-corrected chi connectivity index (χ0v) is 16.1.